The molecule has 1 rings (SSSR count). The lowest BCUT2D eigenvalue weighted by atomic mass is 9.73. The van der Waals surface area contributed by atoms with Gasteiger partial charge in [0.25, 0.3) is 0 Å². The molecule has 2 nitrogen and oxygen atoms in total. The highest BCUT2D eigenvalue weighted by atomic mass is 15.2. The molecule has 0 aromatic rings. The maximum Gasteiger partial charge on any atom is 0.0674 e. The first-order valence-electron chi connectivity index (χ1n) is 5.42. The largest absolute Gasteiger partial charge is 0.297 e. The van der Waals surface area contributed by atoms with Crippen LogP contribution in [0.4, 0.5) is 0 Å². The third-order valence-corrected chi connectivity index (χ3v) is 3.48. The number of likely N-dealkylation sites (tertiary alicyclic amines) is 1. The lowest BCUT2D eigenvalue weighted by Crippen LogP contribution is -2.51. The molecule has 14 heavy (non-hydrogen) atoms. The quantitative estimate of drug-likeness (QED) is 0.593. The van der Waals surface area contributed by atoms with E-state index in [0.29, 0.717) is 0 Å². The van der Waals surface area contributed by atoms with Gasteiger partial charge >= 0.3 is 0 Å². The van der Waals surface area contributed by atoms with Crippen molar-refractivity contribution >= 4 is 0 Å². The van der Waals surface area contributed by atoms with E-state index >= 15 is 0 Å². The van der Waals surface area contributed by atoms with Crippen LogP contribution in [-0.4, -0.2) is 23.5 Å². The van der Waals surface area contributed by atoms with Crippen LogP contribution in [0.2, 0.25) is 0 Å². The fourth-order valence-electron chi connectivity index (χ4n) is 1.98. The van der Waals surface area contributed by atoms with E-state index < -0.39 is 0 Å². The second-order valence-electron chi connectivity index (χ2n) is 6.04. The van der Waals surface area contributed by atoms with E-state index in [0.717, 1.165) is 19.5 Å². The molecule has 1 atom stereocenters. The molecule has 0 aromatic heterocycles. The summed E-state index contributed by atoms with van der Waals surface area (Å²) in [5.41, 5.74) is 0.391. The molecular weight excluding hydrogens is 172 g/mol. The Bertz CT molecular complexity index is 242. The highest BCUT2D eigenvalue weighted by molar-refractivity contribution is 5.00. The zero-order valence-corrected chi connectivity index (χ0v) is 10.1. The van der Waals surface area contributed by atoms with Gasteiger partial charge in [0, 0.05) is 12.1 Å². The van der Waals surface area contributed by atoms with Crippen LogP contribution >= 0.6 is 0 Å². The van der Waals surface area contributed by atoms with Crippen molar-refractivity contribution in [1.29, 1.82) is 5.26 Å². The number of nitrogens with zero attached hydrogens (tertiary/aromatic N) is 2. The van der Waals surface area contributed by atoms with Crippen LogP contribution in [-0.2, 0) is 0 Å². The summed E-state index contributed by atoms with van der Waals surface area (Å²) in [6.45, 7) is 13.1. The lowest BCUT2D eigenvalue weighted by molar-refractivity contribution is 0.0306. The molecule has 1 saturated heterocycles. The average molecular weight is 194 g/mol. The van der Waals surface area contributed by atoms with Crippen LogP contribution in [0.3, 0.4) is 0 Å². The first-order chi connectivity index (χ1) is 6.27. The third-order valence-electron chi connectivity index (χ3n) is 3.48. The van der Waals surface area contributed by atoms with Gasteiger partial charge in [-0.05, 0) is 39.2 Å². The monoisotopic (exact) mass is 194 g/mol. The normalized spacial score (nSPS) is 28.4. The summed E-state index contributed by atoms with van der Waals surface area (Å²) in [6, 6.07) is 2.45. The standard InChI is InChI=1S/C12H22N2/c1-11(2,3)14-7-6-12(4,5)10(8-13)9-14/h10H,6-7,9H2,1-5H3. The first-order valence-corrected chi connectivity index (χ1v) is 5.42. The van der Waals surface area contributed by atoms with Gasteiger partial charge in [-0.3, -0.25) is 4.90 Å². The predicted octanol–water partition coefficient (Wildman–Crippen LogP) is 2.66. The summed E-state index contributed by atoms with van der Waals surface area (Å²) in [7, 11) is 0. The maximum atomic E-state index is 9.13. The SMILES string of the molecule is CC1(C)CCN(C(C)(C)C)CC1C#N. The van der Waals surface area contributed by atoms with Gasteiger partial charge in [0.2, 0.25) is 0 Å². The van der Waals surface area contributed by atoms with Crippen LogP contribution in [0.5, 0.6) is 0 Å². The number of hydrogen-bond acceptors (Lipinski definition) is 2. The zero-order chi connectivity index (χ0) is 11.0. The number of hydrogen-bond donors (Lipinski definition) is 0. The molecule has 0 amide bonds. The summed E-state index contributed by atoms with van der Waals surface area (Å²) in [4.78, 5) is 2.42. The minimum absolute atomic E-state index is 0.176. The van der Waals surface area contributed by atoms with E-state index in [4.69, 9.17) is 5.26 Å². The summed E-state index contributed by atoms with van der Waals surface area (Å²) in [5, 5.41) is 9.13. The van der Waals surface area contributed by atoms with E-state index in [1.165, 1.54) is 0 Å². The summed E-state index contributed by atoms with van der Waals surface area (Å²) in [6.07, 6.45) is 1.13. The van der Waals surface area contributed by atoms with Crippen molar-refractivity contribution in [3.05, 3.63) is 0 Å². The van der Waals surface area contributed by atoms with E-state index in [1.54, 1.807) is 0 Å². The molecule has 0 spiro atoms. The van der Waals surface area contributed by atoms with Crippen molar-refractivity contribution in [2.24, 2.45) is 11.3 Å². The van der Waals surface area contributed by atoms with Gasteiger partial charge in [-0.15, -0.1) is 0 Å². The van der Waals surface area contributed by atoms with Crippen molar-refractivity contribution in [2.75, 3.05) is 13.1 Å². The average Bonchev–Trinajstić information content (AvgIpc) is 2.01. The Morgan fingerprint density at radius 1 is 1.36 bits per heavy atom. The zero-order valence-electron chi connectivity index (χ0n) is 10.1. The van der Waals surface area contributed by atoms with Crippen LogP contribution in [0.15, 0.2) is 0 Å². The van der Waals surface area contributed by atoms with Gasteiger partial charge in [0.05, 0.1) is 12.0 Å². The first kappa shape index (κ1) is 11.5. The van der Waals surface area contributed by atoms with Gasteiger partial charge in [-0.25, -0.2) is 0 Å². The molecule has 80 valence electrons. The molecule has 0 aromatic carbocycles. The second kappa shape index (κ2) is 3.55. The van der Waals surface area contributed by atoms with Crippen molar-refractivity contribution in [2.45, 2.75) is 46.6 Å². The van der Waals surface area contributed by atoms with Crippen molar-refractivity contribution < 1.29 is 0 Å². The topological polar surface area (TPSA) is 27.0 Å². The molecule has 1 heterocycles. The van der Waals surface area contributed by atoms with Gasteiger partial charge in [-0.1, -0.05) is 13.8 Å². The Morgan fingerprint density at radius 2 is 1.93 bits per heavy atom. The molecule has 0 radical (unpaired) electrons. The number of nitriles is 1. The van der Waals surface area contributed by atoms with E-state index in [9.17, 15) is 0 Å². The van der Waals surface area contributed by atoms with Crippen LogP contribution in [0.25, 0.3) is 0 Å². The fourth-order valence-corrected chi connectivity index (χ4v) is 1.98. The summed E-state index contributed by atoms with van der Waals surface area (Å²) < 4.78 is 0. The predicted molar refractivity (Wildman–Crippen MR) is 58.8 cm³/mol. The van der Waals surface area contributed by atoms with E-state index in [1.807, 2.05) is 0 Å². The Morgan fingerprint density at radius 3 is 2.36 bits per heavy atom. The van der Waals surface area contributed by atoms with Crippen LogP contribution in [0.1, 0.15) is 41.0 Å². The van der Waals surface area contributed by atoms with Gasteiger partial charge in [0.1, 0.15) is 0 Å². The van der Waals surface area contributed by atoms with Crippen molar-refractivity contribution in [3.8, 4) is 6.07 Å². The molecule has 0 bridgehead atoms. The van der Waals surface area contributed by atoms with E-state index in [-0.39, 0.29) is 16.9 Å². The second-order valence-corrected chi connectivity index (χ2v) is 6.04. The molecule has 1 unspecified atom stereocenters. The Hall–Kier alpha value is -0.550. The van der Waals surface area contributed by atoms with Crippen molar-refractivity contribution in [1.82, 2.24) is 4.90 Å². The van der Waals surface area contributed by atoms with Gasteiger partial charge in [-0.2, -0.15) is 5.26 Å². The maximum absolute atomic E-state index is 9.13. The minimum atomic E-state index is 0.176. The summed E-state index contributed by atoms with van der Waals surface area (Å²) >= 11 is 0. The third kappa shape index (κ3) is 2.27. The van der Waals surface area contributed by atoms with E-state index in [2.05, 4.69) is 45.6 Å². The van der Waals surface area contributed by atoms with Gasteiger partial charge in [0.15, 0.2) is 0 Å². The summed E-state index contributed by atoms with van der Waals surface area (Å²) in [5.74, 6) is 0.176. The van der Waals surface area contributed by atoms with Crippen LogP contribution < -0.4 is 0 Å². The number of rotatable bonds is 0. The Balaban J connectivity index is 2.73. The molecule has 0 N–H and O–H groups in total. The smallest absolute Gasteiger partial charge is 0.0674 e. The fraction of sp³-hybridized carbons (Fsp3) is 0.917. The van der Waals surface area contributed by atoms with Crippen molar-refractivity contribution in [3.63, 3.8) is 0 Å². The molecule has 1 fully saturated rings. The highest BCUT2D eigenvalue weighted by Crippen LogP contribution is 2.37. The molecular formula is C12H22N2. The lowest BCUT2D eigenvalue weighted by Gasteiger charge is -2.46. The Kier molecular flexibility index (Phi) is 2.92. The Labute approximate surface area is 87.9 Å². The number of piperidine rings is 1. The minimum Gasteiger partial charge on any atom is -0.297 e. The highest BCUT2D eigenvalue weighted by Gasteiger charge is 2.38. The molecule has 1 aliphatic heterocycles. The molecule has 2 heteroatoms. The molecule has 0 aliphatic carbocycles. The molecule has 0 saturated carbocycles. The van der Waals surface area contributed by atoms with Gasteiger partial charge < -0.3 is 0 Å². The molecule has 1 aliphatic rings. The van der Waals surface area contributed by atoms with Crippen LogP contribution in [0, 0.1) is 22.7 Å².